The molecule has 3 rings (SSSR count). The minimum atomic E-state index is -0.427. The van der Waals surface area contributed by atoms with Crippen LogP contribution in [0.1, 0.15) is 42.6 Å². The minimum absolute atomic E-state index is 0.0459. The minimum Gasteiger partial charge on any atom is -0.365 e. The van der Waals surface area contributed by atoms with Crippen molar-refractivity contribution >= 4 is 33.8 Å². The molecule has 8 nitrogen and oxygen atoms in total. The third-order valence-corrected chi connectivity index (χ3v) is 5.62. The Hall–Kier alpha value is -2.55. The van der Waals surface area contributed by atoms with Gasteiger partial charge in [-0.3, -0.25) is 20.2 Å². The van der Waals surface area contributed by atoms with Crippen molar-refractivity contribution in [3.05, 3.63) is 38.9 Å². The summed E-state index contributed by atoms with van der Waals surface area (Å²) in [5.41, 5.74) is 0.756. The molecule has 1 amide bonds. The van der Waals surface area contributed by atoms with E-state index in [0.29, 0.717) is 22.7 Å². The number of anilines is 2. The van der Waals surface area contributed by atoms with Crippen molar-refractivity contribution < 1.29 is 9.72 Å². The summed E-state index contributed by atoms with van der Waals surface area (Å²) in [7, 11) is 0. The van der Waals surface area contributed by atoms with Gasteiger partial charge in [0.25, 0.3) is 11.6 Å². The molecule has 0 bridgehead atoms. The number of nitro benzene ring substituents is 1. The van der Waals surface area contributed by atoms with Crippen LogP contribution in [0.2, 0.25) is 0 Å². The Balaban J connectivity index is 1.84. The number of aryl methyl sites for hydroxylation is 1. The Morgan fingerprint density at radius 3 is 2.63 bits per heavy atom. The number of nitrogens with one attached hydrogen (secondary N) is 1. The van der Waals surface area contributed by atoms with Gasteiger partial charge in [0, 0.05) is 24.7 Å². The first-order valence-electron chi connectivity index (χ1n) is 9.04. The van der Waals surface area contributed by atoms with Crippen LogP contribution in [0, 0.1) is 22.0 Å². The average molecular weight is 389 g/mol. The molecule has 2 atom stereocenters. The lowest BCUT2D eigenvalue weighted by molar-refractivity contribution is -0.384. The molecule has 2 aromatic rings. The molecule has 1 fully saturated rings. The fraction of sp³-hybridized carbons (Fsp3) is 0.500. The summed E-state index contributed by atoms with van der Waals surface area (Å²) in [5, 5.41) is 23.4. The van der Waals surface area contributed by atoms with E-state index in [1.165, 1.54) is 17.4 Å². The van der Waals surface area contributed by atoms with Crippen LogP contribution in [0.3, 0.4) is 0 Å². The van der Waals surface area contributed by atoms with Crippen molar-refractivity contribution in [3.8, 4) is 0 Å². The number of benzene rings is 1. The van der Waals surface area contributed by atoms with Crippen LogP contribution in [0.15, 0.2) is 18.2 Å². The first kappa shape index (κ1) is 19.2. The van der Waals surface area contributed by atoms with E-state index in [1.54, 1.807) is 12.1 Å². The number of hydrogen-bond donors (Lipinski definition) is 1. The lowest BCUT2D eigenvalue weighted by Gasteiger charge is -2.36. The van der Waals surface area contributed by atoms with E-state index in [4.69, 9.17) is 0 Å². The SMILES string of the molecule is CCc1nnc(NC(=O)c2ccc(N3CC(C)CC(C)C3)c([N+](=O)[O-])c2)s1. The molecule has 1 saturated heterocycles. The Morgan fingerprint density at radius 2 is 2.04 bits per heavy atom. The van der Waals surface area contributed by atoms with Crippen LogP contribution in [0.4, 0.5) is 16.5 Å². The molecule has 1 aliphatic heterocycles. The molecular weight excluding hydrogens is 366 g/mol. The monoisotopic (exact) mass is 389 g/mol. The molecule has 1 aromatic carbocycles. The molecule has 144 valence electrons. The quantitative estimate of drug-likeness (QED) is 0.617. The van der Waals surface area contributed by atoms with Gasteiger partial charge in [0.15, 0.2) is 0 Å². The second-order valence-corrected chi connectivity index (χ2v) is 8.18. The van der Waals surface area contributed by atoms with E-state index >= 15 is 0 Å². The predicted molar refractivity (Wildman–Crippen MR) is 105 cm³/mol. The molecule has 2 unspecified atom stereocenters. The van der Waals surface area contributed by atoms with Crippen LogP contribution >= 0.6 is 11.3 Å². The van der Waals surface area contributed by atoms with Crippen molar-refractivity contribution in [2.45, 2.75) is 33.6 Å². The number of rotatable bonds is 5. The molecule has 2 heterocycles. The molecule has 1 N–H and O–H groups in total. The van der Waals surface area contributed by atoms with Crippen molar-refractivity contribution in [1.29, 1.82) is 0 Å². The number of amides is 1. The summed E-state index contributed by atoms with van der Waals surface area (Å²) in [5.74, 6) is 0.520. The van der Waals surface area contributed by atoms with Gasteiger partial charge >= 0.3 is 0 Å². The molecule has 0 spiro atoms. The predicted octanol–water partition coefficient (Wildman–Crippen LogP) is 3.74. The smallest absolute Gasteiger partial charge is 0.293 e. The Bertz CT molecular complexity index is 843. The second kappa shape index (κ2) is 7.99. The highest BCUT2D eigenvalue weighted by Gasteiger charge is 2.28. The van der Waals surface area contributed by atoms with Gasteiger partial charge in [-0.15, -0.1) is 10.2 Å². The van der Waals surface area contributed by atoms with Crippen LogP contribution in [0.5, 0.6) is 0 Å². The Labute approximate surface area is 161 Å². The average Bonchev–Trinajstić information content (AvgIpc) is 3.07. The van der Waals surface area contributed by atoms with E-state index < -0.39 is 10.8 Å². The maximum Gasteiger partial charge on any atom is 0.293 e. The lowest BCUT2D eigenvalue weighted by atomic mass is 9.91. The summed E-state index contributed by atoms with van der Waals surface area (Å²) < 4.78 is 0. The van der Waals surface area contributed by atoms with Crippen LogP contribution in [-0.4, -0.2) is 34.1 Å². The summed E-state index contributed by atoms with van der Waals surface area (Å²) >= 11 is 1.30. The molecule has 0 saturated carbocycles. The number of nitrogens with zero attached hydrogens (tertiary/aromatic N) is 4. The van der Waals surface area contributed by atoms with Crippen LogP contribution in [-0.2, 0) is 6.42 Å². The van der Waals surface area contributed by atoms with E-state index in [0.717, 1.165) is 30.9 Å². The van der Waals surface area contributed by atoms with Gasteiger partial charge in [-0.05, 0) is 36.8 Å². The van der Waals surface area contributed by atoms with Crippen molar-refractivity contribution in [1.82, 2.24) is 10.2 Å². The van der Waals surface area contributed by atoms with E-state index in [9.17, 15) is 14.9 Å². The topological polar surface area (TPSA) is 101 Å². The fourth-order valence-electron chi connectivity index (χ4n) is 3.55. The maximum absolute atomic E-state index is 12.5. The molecular formula is C18H23N5O3S. The van der Waals surface area contributed by atoms with Crippen LogP contribution in [0.25, 0.3) is 0 Å². The number of aromatic nitrogens is 2. The summed E-state index contributed by atoms with van der Waals surface area (Å²) in [4.78, 5) is 25.7. The summed E-state index contributed by atoms with van der Waals surface area (Å²) in [6.45, 7) is 7.82. The van der Waals surface area contributed by atoms with Gasteiger partial charge in [-0.25, -0.2) is 0 Å². The lowest BCUT2D eigenvalue weighted by Crippen LogP contribution is -2.39. The molecule has 0 radical (unpaired) electrons. The van der Waals surface area contributed by atoms with Gasteiger partial charge in [-0.1, -0.05) is 32.1 Å². The van der Waals surface area contributed by atoms with Crippen molar-refractivity contribution in [3.63, 3.8) is 0 Å². The number of carbonyl (C=O) groups excluding carboxylic acids is 1. The van der Waals surface area contributed by atoms with E-state index in [2.05, 4.69) is 34.3 Å². The third-order valence-electron chi connectivity index (χ3n) is 4.63. The zero-order chi connectivity index (χ0) is 19.6. The van der Waals surface area contributed by atoms with Gasteiger partial charge in [0.05, 0.1) is 4.92 Å². The Morgan fingerprint density at radius 1 is 1.33 bits per heavy atom. The van der Waals surface area contributed by atoms with Gasteiger partial charge in [-0.2, -0.15) is 0 Å². The van der Waals surface area contributed by atoms with Gasteiger partial charge in [0.2, 0.25) is 5.13 Å². The fourth-order valence-corrected chi connectivity index (χ4v) is 4.23. The number of carbonyl (C=O) groups is 1. The molecule has 9 heteroatoms. The van der Waals surface area contributed by atoms with E-state index in [1.807, 2.05) is 6.92 Å². The van der Waals surface area contributed by atoms with Crippen molar-refractivity contribution in [2.24, 2.45) is 11.8 Å². The van der Waals surface area contributed by atoms with Gasteiger partial charge in [0.1, 0.15) is 10.7 Å². The number of piperidine rings is 1. The molecule has 1 aromatic heterocycles. The first-order chi connectivity index (χ1) is 12.9. The third kappa shape index (κ3) is 4.41. The molecule has 27 heavy (non-hydrogen) atoms. The largest absolute Gasteiger partial charge is 0.365 e. The number of hydrogen-bond acceptors (Lipinski definition) is 7. The number of nitro groups is 1. The zero-order valence-corrected chi connectivity index (χ0v) is 16.5. The van der Waals surface area contributed by atoms with E-state index in [-0.39, 0.29) is 11.3 Å². The maximum atomic E-state index is 12.5. The molecule has 1 aliphatic rings. The zero-order valence-electron chi connectivity index (χ0n) is 15.6. The highest BCUT2D eigenvalue weighted by molar-refractivity contribution is 7.15. The first-order valence-corrected chi connectivity index (χ1v) is 9.86. The highest BCUT2D eigenvalue weighted by Crippen LogP contribution is 2.34. The normalized spacial score (nSPS) is 19.7. The molecule has 0 aliphatic carbocycles. The van der Waals surface area contributed by atoms with Crippen molar-refractivity contribution in [2.75, 3.05) is 23.3 Å². The summed E-state index contributed by atoms with van der Waals surface area (Å²) in [6.07, 6.45) is 1.85. The van der Waals surface area contributed by atoms with Crippen LogP contribution < -0.4 is 10.2 Å². The highest BCUT2D eigenvalue weighted by atomic mass is 32.1. The Kier molecular flexibility index (Phi) is 5.69. The second-order valence-electron chi connectivity index (χ2n) is 7.12. The standard InChI is InChI=1S/C18H23N5O3S/c1-4-16-20-21-18(27-16)19-17(24)13-5-6-14(15(8-13)23(25)26)22-9-11(2)7-12(3)10-22/h5-6,8,11-12H,4,7,9-10H2,1-3H3,(H,19,21,24). The summed E-state index contributed by atoms with van der Waals surface area (Å²) in [6, 6.07) is 4.65. The van der Waals surface area contributed by atoms with Gasteiger partial charge < -0.3 is 4.90 Å².